The average molecular weight is 532 g/mol. The molecule has 0 aromatic heterocycles. The third-order valence-corrected chi connectivity index (χ3v) is 4.48. The van der Waals surface area contributed by atoms with Crippen LogP contribution in [-0.4, -0.2) is 0 Å². The summed E-state index contributed by atoms with van der Waals surface area (Å²) in [6.45, 7) is 0. The summed E-state index contributed by atoms with van der Waals surface area (Å²) in [5.41, 5.74) is 4.40. The Morgan fingerprint density at radius 3 is 1.31 bits per heavy atom. The summed E-state index contributed by atoms with van der Waals surface area (Å²) in [6.07, 6.45) is -15.9. The molecule has 3 aromatic rings. The topological polar surface area (TPSA) is 70.5 Å². The molecule has 0 radical (unpaired) electrons. The molecule has 0 amide bonds. The molecule has 4 N–H and O–H groups in total. The van der Waals surface area contributed by atoms with Crippen molar-refractivity contribution >= 4 is 11.4 Å². The van der Waals surface area contributed by atoms with Crippen molar-refractivity contribution in [3.63, 3.8) is 0 Å². The normalized spacial score (nSPS) is 12.5. The van der Waals surface area contributed by atoms with Crippen LogP contribution in [0.4, 0.5) is 59.7 Å². The van der Waals surface area contributed by atoms with Gasteiger partial charge in [-0.3, -0.25) is 0 Å². The minimum Gasteiger partial charge on any atom is -0.453 e. The van der Waals surface area contributed by atoms with Crippen molar-refractivity contribution in [1.29, 1.82) is 0 Å². The van der Waals surface area contributed by atoms with Crippen molar-refractivity contribution in [2.45, 2.75) is 18.5 Å². The molecular formula is C21H11F11N2O2. The van der Waals surface area contributed by atoms with Gasteiger partial charge in [0.1, 0.15) is 17.1 Å². The molecule has 4 nitrogen and oxygen atoms in total. The van der Waals surface area contributed by atoms with Crippen molar-refractivity contribution in [2.24, 2.45) is 0 Å². The Morgan fingerprint density at radius 2 is 0.917 bits per heavy atom. The summed E-state index contributed by atoms with van der Waals surface area (Å²) in [4.78, 5) is 0. The molecule has 0 aliphatic carbocycles. The monoisotopic (exact) mass is 532 g/mol. The number of benzene rings is 3. The van der Waals surface area contributed by atoms with Gasteiger partial charge in [0.25, 0.3) is 0 Å². The van der Waals surface area contributed by atoms with Crippen LogP contribution >= 0.6 is 0 Å². The smallest absolute Gasteiger partial charge is 0.420 e. The molecule has 0 atom stereocenters. The molecule has 0 spiro atoms. The first-order valence-corrected chi connectivity index (χ1v) is 9.28. The summed E-state index contributed by atoms with van der Waals surface area (Å²) in [6, 6.07) is 2.71. The van der Waals surface area contributed by atoms with Gasteiger partial charge in [-0.2, -0.15) is 43.9 Å². The molecule has 0 heterocycles. The summed E-state index contributed by atoms with van der Waals surface area (Å²) >= 11 is 0. The van der Waals surface area contributed by atoms with E-state index in [9.17, 15) is 43.9 Å². The molecular weight excluding hydrogens is 521 g/mol. The van der Waals surface area contributed by atoms with E-state index in [0.717, 1.165) is 12.1 Å². The van der Waals surface area contributed by atoms with Crippen LogP contribution in [0.25, 0.3) is 0 Å². The molecule has 194 valence electrons. The molecule has 3 aromatic carbocycles. The third kappa shape index (κ3) is 5.49. The third-order valence-electron chi connectivity index (χ3n) is 4.48. The van der Waals surface area contributed by atoms with Gasteiger partial charge in [0, 0.05) is 23.5 Å². The second-order valence-electron chi connectivity index (χ2n) is 7.09. The highest BCUT2D eigenvalue weighted by Crippen LogP contribution is 2.48. The first kappa shape index (κ1) is 26.7. The van der Waals surface area contributed by atoms with Gasteiger partial charge in [-0.05, 0) is 30.3 Å². The molecule has 0 aliphatic rings. The first-order valence-electron chi connectivity index (χ1n) is 9.28. The predicted molar refractivity (Wildman–Crippen MR) is 103 cm³/mol. The van der Waals surface area contributed by atoms with E-state index < -0.39 is 81.6 Å². The molecule has 15 heteroatoms. The Kier molecular flexibility index (Phi) is 6.63. The Balaban J connectivity index is 2.25. The zero-order valence-electron chi connectivity index (χ0n) is 17.2. The highest BCUT2D eigenvalue weighted by molar-refractivity contribution is 5.55. The summed E-state index contributed by atoms with van der Waals surface area (Å²) < 4.78 is 159. The molecule has 0 saturated heterocycles. The lowest BCUT2D eigenvalue weighted by atomic mass is 10.1. The van der Waals surface area contributed by atoms with Gasteiger partial charge in [-0.1, -0.05) is 0 Å². The van der Waals surface area contributed by atoms with Crippen molar-refractivity contribution in [1.82, 2.24) is 0 Å². The van der Waals surface area contributed by atoms with Crippen LogP contribution in [0.15, 0.2) is 42.5 Å². The van der Waals surface area contributed by atoms with Gasteiger partial charge in [0.2, 0.25) is 11.6 Å². The minimum absolute atomic E-state index is 0.332. The number of halogens is 11. The van der Waals surface area contributed by atoms with Crippen molar-refractivity contribution in [3.05, 3.63) is 70.8 Å². The summed E-state index contributed by atoms with van der Waals surface area (Å²) in [7, 11) is 0. The Bertz CT molecular complexity index is 1300. The van der Waals surface area contributed by atoms with E-state index in [1.807, 2.05) is 0 Å². The van der Waals surface area contributed by atoms with Gasteiger partial charge >= 0.3 is 18.5 Å². The lowest BCUT2D eigenvalue weighted by molar-refractivity contribution is -0.140. The molecule has 36 heavy (non-hydrogen) atoms. The van der Waals surface area contributed by atoms with E-state index >= 15 is 4.39 Å². The van der Waals surface area contributed by atoms with Crippen LogP contribution in [0.5, 0.6) is 23.0 Å². The van der Waals surface area contributed by atoms with E-state index in [4.69, 9.17) is 11.5 Å². The summed E-state index contributed by atoms with van der Waals surface area (Å²) in [5.74, 6) is -11.0. The second kappa shape index (κ2) is 8.95. The number of nitrogen functional groups attached to an aromatic ring is 2. The zero-order valence-corrected chi connectivity index (χ0v) is 17.2. The SMILES string of the molecule is Nc1ccc(C(F)(F)F)c(Oc2c(F)cc(C(F)(F)F)c(Oc3cc(N)ccc3C(F)(F)F)c2F)c1. The van der Waals surface area contributed by atoms with E-state index in [1.165, 1.54) is 0 Å². The maximum Gasteiger partial charge on any atom is 0.420 e. The molecule has 0 fully saturated rings. The van der Waals surface area contributed by atoms with Crippen LogP contribution in [0, 0.1) is 11.6 Å². The van der Waals surface area contributed by atoms with Crippen LogP contribution in [0.3, 0.4) is 0 Å². The number of nitrogens with two attached hydrogens (primary N) is 2. The maximum atomic E-state index is 15.1. The minimum atomic E-state index is -5.58. The number of anilines is 2. The van der Waals surface area contributed by atoms with Gasteiger partial charge in [-0.15, -0.1) is 0 Å². The Hall–Kier alpha value is -3.91. The Labute approximate surface area is 193 Å². The lowest BCUT2D eigenvalue weighted by Crippen LogP contribution is -2.13. The van der Waals surface area contributed by atoms with Crippen LogP contribution < -0.4 is 20.9 Å². The number of alkyl halides is 9. The molecule has 3 rings (SSSR count). The molecule has 0 saturated carbocycles. The van der Waals surface area contributed by atoms with Crippen molar-refractivity contribution in [2.75, 3.05) is 11.5 Å². The number of hydrogen-bond donors (Lipinski definition) is 2. The van der Waals surface area contributed by atoms with Crippen LogP contribution in [0.1, 0.15) is 16.7 Å². The fourth-order valence-corrected chi connectivity index (χ4v) is 2.92. The van der Waals surface area contributed by atoms with Gasteiger partial charge in [0.15, 0.2) is 11.6 Å². The molecule has 0 unspecified atom stereocenters. The van der Waals surface area contributed by atoms with Gasteiger partial charge in [0.05, 0.1) is 11.1 Å². The van der Waals surface area contributed by atoms with E-state index in [2.05, 4.69) is 9.47 Å². The summed E-state index contributed by atoms with van der Waals surface area (Å²) in [5, 5.41) is 0. The second-order valence-corrected chi connectivity index (χ2v) is 7.09. The zero-order chi connectivity index (χ0) is 27.2. The van der Waals surface area contributed by atoms with E-state index in [-0.39, 0.29) is 5.69 Å². The predicted octanol–water partition coefficient (Wildman–Crippen LogP) is 7.77. The standard InChI is InChI=1S/C21H11F11N2O2/c22-13-7-12(21(30,31)32)17(35-14-5-8(33)1-3-10(14)19(24,25)26)16(23)18(13)36-15-6-9(34)2-4-11(15)20(27,28)29/h1-7H,33-34H2. The number of rotatable bonds is 4. The van der Waals surface area contributed by atoms with E-state index in [0.29, 0.717) is 24.3 Å². The average Bonchev–Trinajstić information content (AvgIpc) is 2.70. The van der Waals surface area contributed by atoms with Gasteiger partial charge < -0.3 is 20.9 Å². The van der Waals surface area contributed by atoms with Crippen LogP contribution in [0.2, 0.25) is 0 Å². The number of ether oxygens (including phenoxy) is 2. The van der Waals surface area contributed by atoms with E-state index in [1.54, 1.807) is 0 Å². The van der Waals surface area contributed by atoms with Gasteiger partial charge in [-0.25, -0.2) is 4.39 Å². The largest absolute Gasteiger partial charge is 0.453 e. The van der Waals surface area contributed by atoms with Crippen molar-refractivity contribution in [3.8, 4) is 23.0 Å². The quantitative estimate of drug-likeness (QED) is 0.266. The maximum absolute atomic E-state index is 15.1. The van der Waals surface area contributed by atoms with Crippen molar-refractivity contribution < 1.29 is 57.8 Å². The fraction of sp³-hybridized carbons (Fsp3) is 0.143. The highest BCUT2D eigenvalue weighted by Gasteiger charge is 2.41. The highest BCUT2D eigenvalue weighted by atomic mass is 19.4. The molecule has 0 bridgehead atoms. The Morgan fingerprint density at radius 1 is 0.528 bits per heavy atom. The first-order chi connectivity index (χ1) is 16.4. The van der Waals surface area contributed by atoms with Crippen LogP contribution in [-0.2, 0) is 18.5 Å². The molecule has 0 aliphatic heterocycles. The number of hydrogen-bond acceptors (Lipinski definition) is 4. The fourth-order valence-electron chi connectivity index (χ4n) is 2.92. The lowest BCUT2D eigenvalue weighted by Gasteiger charge is -2.20.